The number of carbonyl (C=O) groups excluding carboxylic acids is 1. The van der Waals surface area contributed by atoms with Gasteiger partial charge in [0.05, 0.1) is 17.6 Å². The largest absolute Gasteiger partial charge is 0.482 e. The molecule has 3 aliphatic carbocycles. The molecule has 0 aromatic carbocycles. The van der Waals surface area contributed by atoms with Crippen LogP contribution in [0.3, 0.4) is 0 Å². The van der Waals surface area contributed by atoms with Gasteiger partial charge in [0.15, 0.2) is 0 Å². The first-order chi connectivity index (χ1) is 11.5. The van der Waals surface area contributed by atoms with E-state index < -0.39 is 5.60 Å². The lowest BCUT2D eigenvalue weighted by molar-refractivity contribution is -0.199. The number of hydrogen-bond acceptors (Lipinski definition) is 4. The van der Waals surface area contributed by atoms with E-state index in [0.717, 1.165) is 31.7 Å². The van der Waals surface area contributed by atoms with Crippen LogP contribution < -0.4 is 0 Å². The minimum atomic E-state index is -0.479. The van der Waals surface area contributed by atoms with Gasteiger partial charge in [-0.05, 0) is 70.6 Å². The van der Waals surface area contributed by atoms with Crippen LogP contribution in [0.2, 0.25) is 0 Å². The van der Waals surface area contributed by atoms with Crippen molar-refractivity contribution in [3.05, 3.63) is 0 Å². The van der Waals surface area contributed by atoms with Crippen LogP contribution in [0.5, 0.6) is 0 Å². The van der Waals surface area contributed by atoms with Crippen LogP contribution in [-0.2, 0) is 14.0 Å². The first-order valence-electron chi connectivity index (χ1n) is 9.85. The Labute approximate surface area is 151 Å². The van der Waals surface area contributed by atoms with Gasteiger partial charge in [-0.25, -0.2) is 4.79 Å². The van der Waals surface area contributed by atoms with Crippen LogP contribution in [0.4, 0.5) is 4.79 Å². The summed E-state index contributed by atoms with van der Waals surface area (Å²) in [6.45, 7) is 13.4. The van der Waals surface area contributed by atoms with Crippen LogP contribution in [-0.4, -0.2) is 47.9 Å². The molecular weight excluding hydrogens is 317 g/mol. The van der Waals surface area contributed by atoms with Gasteiger partial charge in [0, 0.05) is 6.54 Å². The summed E-state index contributed by atoms with van der Waals surface area (Å²) in [6.07, 6.45) is 4.14. The standard InChI is InChI=1S/C19H32BNO4/c1-17(2,3)23-16(22)21-9-7-8-15(21)20-24-14-11-12-10-13(18(12,4)5)19(14,6)25-20/h12-15H,7-11H2,1-6H3/t12-,13-,14?,15+,19+/m1/s1. The highest BCUT2D eigenvalue weighted by atomic mass is 16.7. The van der Waals surface area contributed by atoms with Crippen molar-refractivity contribution in [2.24, 2.45) is 17.3 Å². The van der Waals surface area contributed by atoms with E-state index >= 15 is 0 Å². The lowest BCUT2D eigenvalue weighted by Gasteiger charge is -2.64. The average Bonchev–Trinajstić information content (AvgIpc) is 3.07. The predicted octanol–water partition coefficient (Wildman–Crippen LogP) is 3.65. The molecule has 2 saturated heterocycles. The molecule has 2 heterocycles. The van der Waals surface area contributed by atoms with Crippen LogP contribution >= 0.6 is 0 Å². The number of ether oxygens (including phenoxy) is 1. The van der Waals surface area contributed by atoms with E-state index in [9.17, 15) is 4.79 Å². The minimum absolute atomic E-state index is 0.0300. The normalized spacial score (nSPS) is 42.2. The quantitative estimate of drug-likeness (QED) is 0.678. The molecule has 140 valence electrons. The number of likely N-dealkylation sites (tertiary alicyclic amines) is 1. The Morgan fingerprint density at radius 3 is 2.60 bits per heavy atom. The Morgan fingerprint density at radius 1 is 1.24 bits per heavy atom. The molecule has 5 aliphatic rings. The highest BCUT2D eigenvalue weighted by molar-refractivity contribution is 6.47. The molecule has 0 spiro atoms. The van der Waals surface area contributed by atoms with Gasteiger partial charge in [-0.3, -0.25) is 0 Å². The van der Waals surface area contributed by atoms with Crippen molar-refractivity contribution in [3.63, 3.8) is 0 Å². The van der Waals surface area contributed by atoms with Crippen LogP contribution in [0.15, 0.2) is 0 Å². The van der Waals surface area contributed by atoms with E-state index in [2.05, 4.69) is 20.8 Å². The maximum Gasteiger partial charge on any atom is 0.482 e. The second kappa shape index (κ2) is 5.38. The molecule has 5 fully saturated rings. The lowest BCUT2D eigenvalue weighted by Crippen LogP contribution is -2.65. The van der Waals surface area contributed by atoms with E-state index in [-0.39, 0.29) is 30.9 Å². The molecule has 5 nitrogen and oxygen atoms in total. The Morgan fingerprint density at radius 2 is 1.96 bits per heavy atom. The second-order valence-electron chi connectivity index (χ2n) is 10.2. The molecule has 0 N–H and O–H groups in total. The van der Waals surface area contributed by atoms with E-state index in [0.29, 0.717) is 11.3 Å². The van der Waals surface area contributed by atoms with Crippen LogP contribution in [0, 0.1) is 17.3 Å². The van der Waals surface area contributed by atoms with Gasteiger partial charge in [0.1, 0.15) is 5.60 Å². The molecule has 1 unspecified atom stereocenters. The summed E-state index contributed by atoms with van der Waals surface area (Å²) in [5, 5.41) is 0. The third kappa shape index (κ3) is 2.63. The molecule has 5 rings (SSSR count). The Bertz CT molecular complexity index is 574. The molecular formula is C19H32BNO4. The van der Waals surface area contributed by atoms with Crippen molar-refractivity contribution in [1.82, 2.24) is 4.90 Å². The number of carbonyl (C=O) groups is 1. The fourth-order valence-corrected chi connectivity index (χ4v) is 5.69. The summed E-state index contributed by atoms with van der Waals surface area (Å²) in [5.41, 5.74) is -0.359. The number of hydrogen-bond donors (Lipinski definition) is 0. The highest BCUT2D eigenvalue weighted by Crippen LogP contribution is 2.65. The van der Waals surface area contributed by atoms with Crippen molar-refractivity contribution < 1.29 is 18.8 Å². The van der Waals surface area contributed by atoms with Crippen molar-refractivity contribution in [1.29, 1.82) is 0 Å². The summed E-state index contributed by atoms with van der Waals surface area (Å²) in [7, 11) is -0.319. The molecule has 0 aromatic heterocycles. The molecule has 2 aliphatic heterocycles. The van der Waals surface area contributed by atoms with Crippen molar-refractivity contribution >= 4 is 13.2 Å². The molecule has 2 bridgehead atoms. The van der Waals surface area contributed by atoms with Gasteiger partial charge in [0.25, 0.3) is 0 Å². The van der Waals surface area contributed by atoms with E-state index in [1.807, 2.05) is 25.7 Å². The van der Waals surface area contributed by atoms with Gasteiger partial charge in [-0.1, -0.05) is 13.8 Å². The maximum atomic E-state index is 12.6. The van der Waals surface area contributed by atoms with Gasteiger partial charge in [-0.15, -0.1) is 0 Å². The summed E-state index contributed by atoms with van der Waals surface area (Å²) >= 11 is 0. The van der Waals surface area contributed by atoms with Crippen LogP contribution in [0.1, 0.15) is 67.2 Å². The molecule has 6 heteroatoms. The smallest absolute Gasteiger partial charge is 0.444 e. The van der Waals surface area contributed by atoms with Gasteiger partial charge in [-0.2, -0.15) is 0 Å². The highest BCUT2D eigenvalue weighted by Gasteiger charge is 2.69. The number of rotatable bonds is 1. The Balaban J connectivity index is 1.49. The average molecular weight is 349 g/mol. The Kier molecular flexibility index (Phi) is 3.80. The zero-order valence-electron chi connectivity index (χ0n) is 16.5. The summed E-state index contributed by atoms with van der Waals surface area (Å²) < 4.78 is 18.5. The molecule has 0 radical (unpaired) electrons. The van der Waals surface area contributed by atoms with Crippen LogP contribution in [0.25, 0.3) is 0 Å². The SMILES string of the molecule is CC(C)(C)OC(=O)N1CCC[C@H]1B1OC2C[C@H]3C[C@H](C3(C)C)[C@]2(C)O1. The summed E-state index contributed by atoms with van der Waals surface area (Å²) in [5.74, 6) is 1.26. The molecule has 25 heavy (non-hydrogen) atoms. The van der Waals surface area contributed by atoms with Crippen molar-refractivity contribution in [2.75, 3.05) is 6.54 Å². The number of amides is 1. The first kappa shape index (κ1) is 17.7. The number of nitrogens with zero attached hydrogens (tertiary/aromatic N) is 1. The Hall–Kier alpha value is -0.745. The predicted molar refractivity (Wildman–Crippen MR) is 96.1 cm³/mol. The second-order valence-corrected chi connectivity index (χ2v) is 10.2. The monoisotopic (exact) mass is 349 g/mol. The molecule has 1 amide bonds. The summed E-state index contributed by atoms with van der Waals surface area (Å²) in [6, 6.07) is 0. The fraction of sp³-hybridized carbons (Fsp3) is 0.947. The first-order valence-corrected chi connectivity index (χ1v) is 9.85. The minimum Gasteiger partial charge on any atom is -0.444 e. The zero-order valence-corrected chi connectivity index (χ0v) is 16.5. The molecule has 0 aromatic rings. The third-order valence-electron chi connectivity index (χ3n) is 7.21. The van der Waals surface area contributed by atoms with E-state index in [1.54, 1.807) is 0 Å². The molecule has 3 saturated carbocycles. The van der Waals surface area contributed by atoms with Gasteiger partial charge in [0.2, 0.25) is 0 Å². The fourth-order valence-electron chi connectivity index (χ4n) is 5.69. The molecule has 5 atom stereocenters. The van der Waals surface area contributed by atoms with Gasteiger partial charge < -0.3 is 18.9 Å². The lowest BCUT2D eigenvalue weighted by atomic mass is 9.43. The van der Waals surface area contributed by atoms with E-state index in [4.69, 9.17) is 14.0 Å². The maximum absolute atomic E-state index is 12.6. The topological polar surface area (TPSA) is 48.0 Å². The zero-order chi connectivity index (χ0) is 18.2. The summed E-state index contributed by atoms with van der Waals surface area (Å²) in [4.78, 5) is 14.4. The third-order valence-corrected chi connectivity index (χ3v) is 7.21. The van der Waals surface area contributed by atoms with E-state index in [1.165, 1.54) is 6.42 Å². The van der Waals surface area contributed by atoms with Crippen molar-refractivity contribution in [2.45, 2.75) is 90.5 Å². The van der Waals surface area contributed by atoms with Crippen molar-refractivity contribution in [3.8, 4) is 0 Å². The van der Waals surface area contributed by atoms with Gasteiger partial charge >= 0.3 is 13.2 Å².